The SMILES string of the molecule is c1ccc(-c2cc(-n3c4ccccc4c4cc(-c5ccc6sc7nc(-c8ccccc8)c(-c8ccccc8)n7c6c5)ccc43)nc(-c3ccccc3)n2)cc1. The largest absolute Gasteiger partial charge is 0.294 e. The van der Waals surface area contributed by atoms with Crippen molar-refractivity contribution in [2.75, 3.05) is 0 Å². The highest BCUT2D eigenvalue weighted by molar-refractivity contribution is 7.23. The first-order valence-corrected chi connectivity index (χ1v) is 19.2. The predicted octanol–water partition coefficient (Wildman–Crippen LogP) is 12.8. The summed E-state index contributed by atoms with van der Waals surface area (Å²) in [5, 5.41) is 2.34. The molecule has 0 atom stereocenters. The van der Waals surface area contributed by atoms with Crippen LogP contribution in [-0.2, 0) is 0 Å². The Hall–Kier alpha value is -7.15. The number of aromatic nitrogens is 5. The van der Waals surface area contributed by atoms with Gasteiger partial charge in [0, 0.05) is 39.1 Å². The topological polar surface area (TPSA) is 48.0 Å². The molecule has 0 aliphatic rings. The molecule has 55 heavy (non-hydrogen) atoms. The molecule has 11 rings (SSSR count). The minimum Gasteiger partial charge on any atom is -0.294 e. The average molecular weight is 722 g/mol. The fourth-order valence-electron chi connectivity index (χ4n) is 7.83. The normalized spacial score (nSPS) is 11.6. The van der Waals surface area contributed by atoms with Crippen molar-refractivity contribution in [1.29, 1.82) is 0 Å². The van der Waals surface area contributed by atoms with E-state index in [1.54, 1.807) is 11.3 Å². The minimum atomic E-state index is 0.694. The molecule has 0 radical (unpaired) electrons. The number of rotatable bonds is 6. The zero-order valence-corrected chi connectivity index (χ0v) is 30.4. The summed E-state index contributed by atoms with van der Waals surface area (Å²) < 4.78 is 5.83. The van der Waals surface area contributed by atoms with Gasteiger partial charge in [0.2, 0.25) is 0 Å². The molecular formula is C49H31N5S. The summed E-state index contributed by atoms with van der Waals surface area (Å²) in [4.78, 5) is 16.5. The summed E-state index contributed by atoms with van der Waals surface area (Å²) in [6, 6.07) is 66.0. The van der Waals surface area contributed by atoms with Crippen molar-refractivity contribution in [3.05, 3.63) is 188 Å². The van der Waals surface area contributed by atoms with Gasteiger partial charge in [-0.3, -0.25) is 8.97 Å². The zero-order chi connectivity index (χ0) is 36.3. The van der Waals surface area contributed by atoms with E-state index >= 15 is 0 Å². The van der Waals surface area contributed by atoms with E-state index in [4.69, 9.17) is 15.0 Å². The summed E-state index contributed by atoms with van der Waals surface area (Å²) in [5.74, 6) is 1.52. The summed E-state index contributed by atoms with van der Waals surface area (Å²) in [6.07, 6.45) is 0. The number of hydrogen-bond acceptors (Lipinski definition) is 4. The number of hydrogen-bond donors (Lipinski definition) is 0. The second-order valence-electron chi connectivity index (χ2n) is 13.7. The van der Waals surface area contributed by atoms with Gasteiger partial charge in [-0.05, 0) is 41.5 Å². The zero-order valence-electron chi connectivity index (χ0n) is 29.5. The van der Waals surface area contributed by atoms with Crippen LogP contribution in [0.1, 0.15) is 0 Å². The van der Waals surface area contributed by atoms with Crippen molar-refractivity contribution in [2.45, 2.75) is 0 Å². The smallest absolute Gasteiger partial charge is 0.195 e. The van der Waals surface area contributed by atoms with E-state index in [-0.39, 0.29) is 0 Å². The van der Waals surface area contributed by atoms with Crippen LogP contribution in [0.2, 0.25) is 0 Å². The van der Waals surface area contributed by atoms with E-state index in [0.29, 0.717) is 5.82 Å². The summed E-state index contributed by atoms with van der Waals surface area (Å²) in [5.41, 5.74) is 12.9. The molecule has 5 nitrogen and oxygen atoms in total. The van der Waals surface area contributed by atoms with E-state index in [1.165, 1.54) is 15.5 Å². The van der Waals surface area contributed by atoms with Crippen LogP contribution in [0.25, 0.3) is 99.1 Å². The van der Waals surface area contributed by atoms with E-state index < -0.39 is 0 Å². The van der Waals surface area contributed by atoms with E-state index in [1.807, 2.05) is 24.3 Å². The lowest BCUT2D eigenvalue weighted by Crippen LogP contribution is -2.02. The van der Waals surface area contributed by atoms with Gasteiger partial charge in [0.15, 0.2) is 10.8 Å². The fourth-order valence-corrected chi connectivity index (χ4v) is 8.83. The maximum absolute atomic E-state index is 5.22. The van der Waals surface area contributed by atoms with Crippen molar-refractivity contribution in [3.8, 4) is 62.1 Å². The maximum Gasteiger partial charge on any atom is 0.195 e. The quantitative estimate of drug-likeness (QED) is 0.172. The average Bonchev–Trinajstić information content (AvgIpc) is 3.92. The molecule has 0 N–H and O–H groups in total. The standard InChI is InChI=1S/C49H31N5S/c1-5-15-32(16-6-1)40-31-45(51-48(50-40)35-21-11-4-12-22-35)53-41-24-14-13-23-38(41)39-29-36(25-27-42(39)53)37-26-28-44-43(30-37)54-47(34-19-9-3-10-20-34)46(52-49(54)55-44)33-17-7-2-8-18-33/h1-31H. The minimum absolute atomic E-state index is 0.694. The van der Waals surface area contributed by atoms with Crippen molar-refractivity contribution in [1.82, 2.24) is 23.9 Å². The van der Waals surface area contributed by atoms with Crippen molar-refractivity contribution < 1.29 is 0 Å². The van der Waals surface area contributed by atoms with Gasteiger partial charge >= 0.3 is 0 Å². The number of nitrogens with zero attached hydrogens (tertiary/aromatic N) is 5. The lowest BCUT2D eigenvalue weighted by Gasteiger charge is -2.12. The second-order valence-corrected chi connectivity index (χ2v) is 14.7. The Morgan fingerprint density at radius 3 is 1.75 bits per heavy atom. The highest BCUT2D eigenvalue weighted by Crippen LogP contribution is 2.41. The summed E-state index contributed by atoms with van der Waals surface area (Å²) >= 11 is 1.73. The Morgan fingerprint density at radius 2 is 1.00 bits per heavy atom. The third-order valence-corrected chi connectivity index (χ3v) is 11.4. The molecule has 4 aromatic heterocycles. The van der Waals surface area contributed by atoms with Gasteiger partial charge in [-0.2, -0.15) is 0 Å². The first kappa shape index (κ1) is 31.4. The number of thiazole rings is 1. The van der Waals surface area contributed by atoms with E-state index in [0.717, 1.165) is 77.8 Å². The molecule has 6 heteroatoms. The molecule has 0 aliphatic heterocycles. The monoisotopic (exact) mass is 721 g/mol. The third kappa shape index (κ3) is 5.26. The molecule has 258 valence electrons. The molecule has 0 unspecified atom stereocenters. The number of benzene rings is 7. The van der Waals surface area contributed by atoms with Crippen LogP contribution in [0.3, 0.4) is 0 Å². The van der Waals surface area contributed by atoms with Gasteiger partial charge in [-0.15, -0.1) is 0 Å². The van der Waals surface area contributed by atoms with Crippen LogP contribution >= 0.6 is 11.3 Å². The van der Waals surface area contributed by atoms with Gasteiger partial charge < -0.3 is 0 Å². The molecule has 0 bridgehead atoms. The number of imidazole rings is 1. The van der Waals surface area contributed by atoms with Gasteiger partial charge in [0.25, 0.3) is 0 Å². The second kappa shape index (κ2) is 12.8. The van der Waals surface area contributed by atoms with Crippen molar-refractivity contribution >= 4 is 48.3 Å². The van der Waals surface area contributed by atoms with Gasteiger partial charge in [0.1, 0.15) is 5.82 Å². The van der Waals surface area contributed by atoms with Crippen LogP contribution in [-0.4, -0.2) is 23.9 Å². The molecule has 0 amide bonds. The van der Waals surface area contributed by atoms with Crippen LogP contribution < -0.4 is 0 Å². The molecule has 11 aromatic rings. The molecule has 7 aromatic carbocycles. The number of fused-ring (bicyclic) bond motifs is 6. The Balaban J connectivity index is 1.10. The molecule has 0 saturated heterocycles. The summed E-state index contributed by atoms with van der Waals surface area (Å²) in [6.45, 7) is 0. The molecule has 0 saturated carbocycles. The van der Waals surface area contributed by atoms with Crippen molar-refractivity contribution in [2.24, 2.45) is 0 Å². The van der Waals surface area contributed by atoms with Crippen molar-refractivity contribution in [3.63, 3.8) is 0 Å². The fraction of sp³-hybridized carbons (Fsp3) is 0. The molecule has 0 aliphatic carbocycles. The maximum atomic E-state index is 5.22. The predicted molar refractivity (Wildman–Crippen MR) is 228 cm³/mol. The molecule has 0 fully saturated rings. The van der Waals surface area contributed by atoms with Gasteiger partial charge in [0.05, 0.1) is 38.3 Å². The van der Waals surface area contributed by atoms with Gasteiger partial charge in [-0.25, -0.2) is 15.0 Å². The molecular weight excluding hydrogens is 691 g/mol. The van der Waals surface area contributed by atoms with Crippen LogP contribution in [0.4, 0.5) is 0 Å². The van der Waals surface area contributed by atoms with E-state index in [9.17, 15) is 0 Å². The Labute approximate surface area is 321 Å². The number of para-hydroxylation sites is 1. The molecule has 4 heterocycles. The van der Waals surface area contributed by atoms with Crippen LogP contribution in [0, 0.1) is 0 Å². The highest BCUT2D eigenvalue weighted by atomic mass is 32.1. The Kier molecular flexibility index (Phi) is 7.28. The lowest BCUT2D eigenvalue weighted by atomic mass is 10.0. The first-order chi connectivity index (χ1) is 27.3. The Bertz CT molecular complexity index is 3120. The van der Waals surface area contributed by atoms with Crippen LogP contribution in [0.5, 0.6) is 0 Å². The molecule has 0 spiro atoms. The first-order valence-electron chi connectivity index (χ1n) is 18.4. The van der Waals surface area contributed by atoms with E-state index in [2.05, 4.69) is 173 Å². The summed E-state index contributed by atoms with van der Waals surface area (Å²) in [7, 11) is 0. The van der Waals surface area contributed by atoms with Crippen LogP contribution in [0.15, 0.2) is 188 Å². The Morgan fingerprint density at radius 1 is 0.400 bits per heavy atom. The lowest BCUT2D eigenvalue weighted by molar-refractivity contribution is 1.05. The highest BCUT2D eigenvalue weighted by Gasteiger charge is 2.21. The van der Waals surface area contributed by atoms with Gasteiger partial charge in [-0.1, -0.05) is 163 Å². The third-order valence-electron chi connectivity index (χ3n) is 10.4.